The van der Waals surface area contributed by atoms with Crippen LogP contribution < -0.4 is 0 Å². The van der Waals surface area contributed by atoms with Gasteiger partial charge < -0.3 is 0 Å². The zero-order valence-electron chi connectivity index (χ0n) is 2.65. The molecular weight excluding hydrogens is 232 g/mol. The molecule has 0 spiro atoms. The van der Waals surface area contributed by atoms with E-state index in [0.29, 0.717) is 0 Å². The van der Waals surface area contributed by atoms with Crippen molar-refractivity contribution in [1.82, 2.24) is 0 Å². The molecule has 4 heavy (non-hydrogen) atoms. The van der Waals surface area contributed by atoms with Crippen LogP contribution in [0, 0.1) is 0 Å². The minimum atomic E-state index is 0. The summed E-state index contributed by atoms with van der Waals surface area (Å²) in [7, 11) is 0. The van der Waals surface area contributed by atoms with Crippen LogP contribution in [0.15, 0.2) is 0 Å². The van der Waals surface area contributed by atoms with E-state index >= 15 is 0 Å². The summed E-state index contributed by atoms with van der Waals surface area (Å²) in [5.74, 6) is 0. The van der Waals surface area contributed by atoms with Gasteiger partial charge in [-0.05, 0) is 0 Å². The third-order valence-corrected chi connectivity index (χ3v) is 0. The second-order valence-electron chi connectivity index (χ2n) is 0. The molecule has 0 bridgehead atoms. The van der Waals surface area contributed by atoms with Crippen molar-refractivity contribution in [3.05, 3.63) is 0 Å². The first-order chi connectivity index (χ1) is 0. The molecule has 0 N–H and O–H groups in total. The molecule has 0 rings (SSSR count). The van der Waals surface area contributed by atoms with E-state index in [2.05, 4.69) is 0 Å². The molecule has 0 aliphatic rings. The van der Waals surface area contributed by atoms with Crippen LogP contribution in [0.25, 0.3) is 0 Å². The summed E-state index contributed by atoms with van der Waals surface area (Å²) in [5, 5.41) is 0. The molecule has 4 heteroatoms. The fourth-order valence-corrected chi connectivity index (χ4v) is 0. The van der Waals surface area contributed by atoms with Crippen molar-refractivity contribution in [2.24, 2.45) is 0 Å². The molecule has 0 nitrogen and oxygen atoms in total. The maximum atomic E-state index is 0. The summed E-state index contributed by atoms with van der Waals surface area (Å²) in [6.07, 6.45) is 0. The van der Waals surface area contributed by atoms with Gasteiger partial charge in [0.25, 0.3) is 0 Å². The molecule has 0 atom stereocenters. The zero-order chi connectivity index (χ0) is 0. The summed E-state index contributed by atoms with van der Waals surface area (Å²) >= 11 is 0. The van der Waals surface area contributed by atoms with Crippen LogP contribution in [0.2, 0.25) is 0 Å². The molecule has 0 heterocycles. The van der Waals surface area contributed by atoms with E-state index in [-0.39, 0.29) is 108 Å². The van der Waals surface area contributed by atoms with E-state index in [1.54, 1.807) is 0 Å². The Morgan fingerprint density at radius 3 is 1.00 bits per heavy atom. The summed E-state index contributed by atoms with van der Waals surface area (Å²) < 4.78 is 0. The van der Waals surface area contributed by atoms with Crippen LogP contribution in [0.3, 0.4) is 0 Å². The number of hydrogen-bond donors (Lipinski definition) is 0. The molecule has 0 aliphatic heterocycles. The average Bonchev–Trinajstić information content (AvgIpc) is 0. The Bertz CT molecular complexity index is 8.00. The molecule has 0 unspecified atom stereocenters. The van der Waals surface area contributed by atoms with Crippen molar-refractivity contribution >= 4 is 86.0 Å². The van der Waals surface area contributed by atoms with Crippen molar-refractivity contribution in [1.29, 1.82) is 0 Å². The summed E-state index contributed by atoms with van der Waals surface area (Å²) in [4.78, 5) is 0. The fraction of sp³-hybridized carbons (Fsp3) is 0. The Morgan fingerprint density at radius 1 is 1.00 bits per heavy atom. The Hall–Kier alpha value is 3.44. The van der Waals surface area contributed by atoms with Gasteiger partial charge in [-0.1, -0.05) is 0 Å². The van der Waals surface area contributed by atoms with Crippen LogP contribution in [0.5, 0.6) is 0 Å². The van der Waals surface area contributed by atoms with Crippen molar-refractivity contribution in [3.63, 3.8) is 0 Å². The maximum absolute atomic E-state index is 0. The summed E-state index contributed by atoms with van der Waals surface area (Å²) in [6, 6.07) is 0. The average molecular weight is 232 g/mol. The molecule has 8 radical (unpaired) electrons. The first kappa shape index (κ1) is 26.1. The number of hydrogen-bond acceptors (Lipinski definition) is 0. The normalized spacial score (nSPS) is 0. The minimum Gasteiger partial charge on any atom is 0 e. The van der Waals surface area contributed by atoms with Gasteiger partial charge >= 0.3 is 0 Å². The van der Waals surface area contributed by atoms with E-state index in [4.69, 9.17) is 0 Å². The monoisotopic (exact) mass is 232 g/mol. The molecule has 12 valence electrons. The molecular formula is NaNbSiSr. The quantitative estimate of drug-likeness (QED) is 0.462. The Balaban J connectivity index is 0. The second kappa shape index (κ2) is 16.1. The first-order valence-corrected chi connectivity index (χ1v) is 0. The fourth-order valence-electron chi connectivity index (χ4n) is 0. The third-order valence-electron chi connectivity index (χ3n) is 0. The first-order valence-electron chi connectivity index (χ1n) is 0. The van der Waals surface area contributed by atoms with Gasteiger partial charge in [0.15, 0.2) is 0 Å². The molecule has 0 fully saturated rings. The predicted octanol–water partition coefficient (Wildman–Crippen LogP) is -1.14. The summed E-state index contributed by atoms with van der Waals surface area (Å²) in [6.45, 7) is 0. The van der Waals surface area contributed by atoms with Gasteiger partial charge in [0.05, 0.1) is 0 Å². The van der Waals surface area contributed by atoms with Gasteiger partial charge in [0.1, 0.15) is 0 Å². The van der Waals surface area contributed by atoms with E-state index in [1.807, 2.05) is 0 Å². The zero-order valence-corrected chi connectivity index (χ0v) is 11.3. The molecule has 0 aromatic rings. The Labute approximate surface area is 106 Å². The molecule has 0 aromatic heterocycles. The molecule has 0 saturated carbocycles. The van der Waals surface area contributed by atoms with Gasteiger partial charge in [-0.2, -0.15) is 0 Å². The van der Waals surface area contributed by atoms with Crippen LogP contribution in [0.4, 0.5) is 0 Å². The molecule has 0 amide bonds. The van der Waals surface area contributed by atoms with Crippen LogP contribution >= 0.6 is 0 Å². The van der Waals surface area contributed by atoms with E-state index in [9.17, 15) is 0 Å². The van der Waals surface area contributed by atoms with Gasteiger partial charge in [-0.3, -0.25) is 0 Å². The van der Waals surface area contributed by atoms with E-state index in [1.165, 1.54) is 0 Å². The maximum Gasteiger partial charge on any atom is 0 e. The second-order valence-corrected chi connectivity index (χ2v) is 0. The molecule has 0 aromatic carbocycles. The molecule has 0 saturated heterocycles. The van der Waals surface area contributed by atoms with Crippen molar-refractivity contribution < 1.29 is 22.4 Å². The van der Waals surface area contributed by atoms with Crippen LogP contribution in [-0.2, 0) is 22.4 Å². The predicted molar refractivity (Wildman–Crippen MR) is 17.3 cm³/mol. The molecule has 0 aliphatic carbocycles. The van der Waals surface area contributed by atoms with Gasteiger partial charge in [0, 0.05) is 108 Å². The van der Waals surface area contributed by atoms with Crippen molar-refractivity contribution in [2.75, 3.05) is 0 Å². The SMILES string of the molecule is [Na].[Nb].[Si].[Sr]. The number of rotatable bonds is 0. The summed E-state index contributed by atoms with van der Waals surface area (Å²) in [5.41, 5.74) is 0. The Morgan fingerprint density at radius 2 is 1.00 bits per heavy atom. The van der Waals surface area contributed by atoms with Gasteiger partial charge in [0.2, 0.25) is 0 Å². The van der Waals surface area contributed by atoms with Crippen molar-refractivity contribution in [2.45, 2.75) is 0 Å². The van der Waals surface area contributed by atoms with Crippen molar-refractivity contribution in [3.8, 4) is 0 Å². The van der Waals surface area contributed by atoms with Gasteiger partial charge in [-0.15, -0.1) is 0 Å². The van der Waals surface area contributed by atoms with Gasteiger partial charge in [-0.25, -0.2) is 0 Å². The standard InChI is InChI=1S/Na.Nb.Si.Sr. The topological polar surface area (TPSA) is 0 Å². The third kappa shape index (κ3) is 9.06. The Kier molecular flexibility index (Phi) is 105. The van der Waals surface area contributed by atoms with Crippen LogP contribution in [-0.4, -0.2) is 86.0 Å². The van der Waals surface area contributed by atoms with E-state index in [0.717, 1.165) is 0 Å². The minimum absolute atomic E-state index is 0. The van der Waals surface area contributed by atoms with E-state index < -0.39 is 0 Å². The largest absolute Gasteiger partial charge is 0 e. The van der Waals surface area contributed by atoms with Crippen LogP contribution in [0.1, 0.15) is 0 Å². The smallest absolute Gasteiger partial charge is 0 e.